The fourth-order valence-electron chi connectivity index (χ4n) is 4.57. The molecular weight excluding hydrogens is 328 g/mol. The van der Waals surface area contributed by atoms with Gasteiger partial charge in [-0.1, -0.05) is 0 Å². The van der Waals surface area contributed by atoms with Gasteiger partial charge in [0.15, 0.2) is 0 Å². The summed E-state index contributed by atoms with van der Waals surface area (Å²) in [6.45, 7) is 5.30. The van der Waals surface area contributed by atoms with Gasteiger partial charge in [0.05, 0.1) is 12.3 Å². The molecule has 0 atom stereocenters. The number of rotatable bonds is 3. The molecule has 6 heteroatoms. The summed E-state index contributed by atoms with van der Waals surface area (Å²) in [5.74, 6) is 0.728. The number of benzene rings is 1. The highest BCUT2D eigenvalue weighted by Gasteiger charge is 2.29. The molecule has 0 unspecified atom stereocenters. The van der Waals surface area contributed by atoms with Gasteiger partial charge in [0.1, 0.15) is 5.75 Å². The molecule has 1 saturated carbocycles. The van der Waals surface area contributed by atoms with Crippen LogP contribution in [0.1, 0.15) is 41.6 Å². The van der Waals surface area contributed by atoms with Crippen molar-refractivity contribution in [1.82, 2.24) is 15.1 Å². The minimum absolute atomic E-state index is 0.0230. The molecule has 0 radical (unpaired) electrons. The van der Waals surface area contributed by atoms with E-state index in [0.29, 0.717) is 24.1 Å². The first kappa shape index (κ1) is 17.6. The largest absolute Gasteiger partial charge is 0.491 e. The molecule has 1 saturated heterocycles. The third-order valence-corrected chi connectivity index (χ3v) is 6.22. The molecule has 2 aliphatic heterocycles. The number of carbonyl (C=O) groups is 1. The Bertz CT molecular complexity index is 662. The lowest BCUT2D eigenvalue weighted by Gasteiger charge is -2.41. The highest BCUT2D eigenvalue weighted by molar-refractivity contribution is 5.97. The number of hydrogen-bond donors (Lipinski definition) is 2. The van der Waals surface area contributed by atoms with Crippen LogP contribution in [0.2, 0.25) is 0 Å². The van der Waals surface area contributed by atoms with Gasteiger partial charge in [-0.3, -0.25) is 9.69 Å². The monoisotopic (exact) mass is 358 g/mol. The lowest BCUT2D eigenvalue weighted by atomic mass is 9.89. The molecular formula is C20H30N4O2. The van der Waals surface area contributed by atoms with Gasteiger partial charge in [-0.2, -0.15) is 0 Å². The van der Waals surface area contributed by atoms with E-state index in [0.717, 1.165) is 30.4 Å². The lowest BCUT2D eigenvalue weighted by molar-refractivity contribution is 0.0790. The molecule has 1 amide bonds. The number of anilines is 1. The van der Waals surface area contributed by atoms with Crippen LogP contribution in [0.5, 0.6) is 5.75 Å². The van der Waals surface area contributed by atoms with Gasteiger partial charge in [-0.05, 0) is 44.9 Å². The SMILES string of the molecule is CN1CCN([C@H]2CC[C@H](NC(=O)c3ccc(N)c4c3CCO4)CC2)CC1. The molecule has 6 nitrogen and oxygen atoms in total. The average molecular weight is 358 g/mol. The first-order chi connectivity index (χ1) is 12.6. The standard InChI is InChI=1S/C20H30N4O2/c1-23-9-11-24(12-10-23)15-4-2-14(3-5-15)22-20(25)17-6-7-18(21)19-16(17)8-13-26-19/h6-7,14-15H,2-5,8-13,21H2,1H3,(H,22,25)/t14-,15-. The second-order valence-corrected chi connectivity index (χ2v) is 7.93. The quantitative estimate of drug-likeness (QED) is 0.801. The molecule has 0 spiro atoms. The van der Waals surface area contributed by atoms with Gasteiger partial charge < -0.3 is 20.7 Å². The fourth-order valence-corrected chi connectivity index (χ4v) is 4.57. The van der Waals surface area contributed by atoms with Crippen molar-refractivity contribution in [3.8, 4) is 5.75 Å². The summed E-state index contributed by atoms with van der Waals surface area (Å²) in [7, 11) is 2.20. The molecule has 3 aliphatic rings. The number of likely N-dealkylation sites (N-methyl/N-ethyl adjacent to an activating group) is 1. The molecule has 142 valence electrons. The van der Waals surface area contributed by atoms with Crippen molar-refractivity contribution in [3.63, 3.8) is 0 Å². The van der Waals surface area contributed by atoms with Crippen molar-refractivity contribution < 1.29 is 9.53 Å². The summed E-state index contributed by atoms with van der Waals surface area (Å²) in [5, 5.41) is 3.25. The number of hydrogen-bond acceptors (Lipinski definition) is 5. The molecule has 0 aromatic heterocycles. The Hall–Kier alpha value is -1.79. The summed E-state index contributed by atoms with van der Waals surface area (Å²) < 4.78 is 5.58. The minimum Gasteiger partial charge on any atom is -0.491 e. The van der Waals surface area contributed by atoms with Crippen LogP contribution < -0.4 is 15.8 Å². The average Bonchev–Trinajstić information content (AvgIpc) is 3.14. The zero-order valence-corrected chi connectivity index (χ0v) is 15.7. The Labute approximate surface area is 155 Å². The maximum atomic E-state index is 12.8. The van der Waals surface area contributed by atoms with Crippen LogP contribution in [0.3, 0.4) is 0 Å². The number of nitrogens with zero attached hydrogens (tertiary/aromatic N) is 2. The zero-order valence-electron chi connectivity index (χ0n) is 15.7. The number of nitrogen functional groups attached to an aromatic ring is 1. The number of nitrogens with two attached hydrogens (primary N) is 1. The van der Waals surface area contributed by atoms with Gasteiger partial charge in [0, 0.05) is 55.8 Å². The first-order valence-corrected chi connectivity index (χ1v) is 9.89. The molecule has 1 aliphatic carbocycles. The van der Waals surface area contributed by atoms with Crippen molar-refractivity contribution in [2.24, 2.45) is 0 Å². The number of amides is 1. The number of fused-ring (bicyclic) bond motifs is 1. The number of ether oxygens (including phenoxy) is 1. The van der Waals surface area contributed by atoms with Crippen LogP contribution in [-0.2, 0) is 6.42 Å². The van der Waals surface area contributed by atoms with Gasteiger partial charge in [-0.15, -0.1) is 0 Å². The van der Waals surface area contributed by atoms with Crippen molar-refractivity contribution in [1.29, 1.82) is 0 Å². The zero-order chi connectivity index (χ0) is 18.1. The van der Waals surface area contributed by atoms with Crippen molar-refractivity contribution >= 4 is 11.6 Å². The van der Waals surface area contributed by atoms with E-state index in [-0.39, 0.29) is 11.9 Å². The number of piperazine rings is 1. The summed E-state index contributed by atoms with van der Waals surface area (Å²) in [4.78, 5) is 17.8. The van der Waals surface area contributed by atoms with E-state index in [1.54, 1.807) is 6.07 Å². The second kappa shape index (κ2) is 7.45. The van der Waals surface area contributed by atoms with E-state index < -0.39 is 0 Å². The molecule has 4 rings (SSSR count). The molecule has 26 heavy (non-hydrogen) atoms. The van der Waals surface area contributed by atoms with Gasteiger partial charge in [0.25, 0.3) is 5.91 Å². The second-order valence-electron chi connectivity index (χ2n) is 7.93. The predicted molar refractivity (Wildman–Crippen MR) is 103 cm³/mol. The summed E-state index contributed by atoms with van der Waals surface area (Å²) >= 11 is 0. The Morgan fingerprint density at radius 2 is 1.88 bits per heavy atom. The third kappa shape index (κ3) is 3.53. The van der Waals surface area contributed by atoms with Crippen LogP contribution in [0, 0.1) is 0 Å². The Morgan fingerprint density at radius 1 is 1.15 bits per heavy atom. The predicted octanol–water partition coefficient (Wildman–Crippen LogP) is 1.49. The normalized spacial score (nSPS) is 27.0. The van der Waals surface area contributed by atoms with Gasteiger partial charge >= 0.3 is 0 Å². The lowest BCUT2D eigenvalue weighted by Crippen LogP contribution is -2.51. The third-order valence-electron chi connectivity index (χ3n) is 6.22. The van der Waals surface area contributed by atoms with Crippen LogP contribution >= 0.6 is 0 Å². The number of carbonyl (C=O) groups excluding carboxylic acids is 1. The highest BCUT2D eigenvalue weighted by Crippen LogP contribution is 2.34. The molecule has 0 bridgehead atoms. The molecule has 2 fully saturated rings. The van der Waals surface area contributed by atoms with E-state index >= 15 is 0 Å². The maximum absolute atomic E-state index is 12.8. The molecule has 1 aromatic carbocycles. The van der Waals surface area contributed by atoms with E-state index in [1.165, 1.54) is 39.0 Å². The van der Waals surface area contributed by atoms with Gasteiger partial charge in [-0.25, -0.2) is 0 Å². The fraction of sp³-hybridized carbons (Fsp3) is 0.650. The Kier molecular flexibility index (Phi) is 5.05. The number of nitrogens with one attached hydrogen (secondary N) is 1. The van der Waals surface area contributed by atoms with E-state index in [1.807, 2.05) is 6.07 Å². The Balaban J connectivity index is 1.32. The van der Waals surface area contributed by atoms with E-state index in [4.69, 9.17) is 10.5 Å². The molecule has 2 heterocycles. The smallest absolute Gasteiger partial charge is 0.251 e. The highest BCUT2D eigenvalue weighted by atomic mass is 16.5. The van der Waals surface area contributed by atoms with Crippen LogP contribution in [0.15, 0.2) is 12.1 Å². The van der Waals surface area contributed by atoms with E-state index in [9.17, 15) is 4.79 Å². The van der Waals surface area contributed by atoms with Crippen LogP contribution in [-0.4, -0.2) is 67.6 Å². The summed E-state index contributed by atoms with van der Waals surface area (Å²) in [6, 6.07) is 4.59. The van der Waals surface area contributed by atoms with Crippen molar-refractivity contribution in [2.75, 3.05) is 45.6 Å². The van der Waals surface area contributed by atoms with E-state index in [2.05, 4.69) is 22.2 Å². The maximum Gasteiger partial charge on any atom is 0.251 e. The first-order valence-electron chi connectivity index (χ1n) is 9.89. The molecule has 3 N–H and O–H groups in total. The summed E-state index contributed by atoms with van der Waals surface area (Å²) in [5.41, 5.74) is 8.28. The van der Waals surface area contributed by atoms with Crippen molar-refractivity contribution in [2.45, 2.75) is 44.2 Å². The van der Waals surface area contributed by atoms with Gasteiger partial charge in [0.2, 0.25) is 0 Å². The topological polar surface area (TPSA) is 70.8 Å². The minimum atomic E-state index is 0.0230. The summed E-state index contributed by atoms with van der Waals surface area (Å²) in [6.07, 6.45) is 5.25. The van der Waals surface area contributed by atoms with Crippen molar-refractivity contribution in [3.05, 3.63) is 23.3 Å². The van der Waals surface area contributed by atoms with Crippen LogP contribution in [0.4, 0.5) is 5.69 Å². The molecule has 1 aromatic rings. The van der Waals surface area contributed by atoms with Crippen LogP contribution in [0.25, 0.3) is 0 Å². The Morgan fingerprint density at radius 3 is 2.62 bits per heavy atom.